The van der Waals surface area contributed by atoms with Gasteiger partial charge in [0.15, 0.2) is 0 Å². The molecule has 0 aliphatic carbocycles. The second kappa shape index (κ2) is 8.44. The molecule has 1 saturated heterocycles. The van der Waals surface area contributed by atoms with Gasteiger partial charge in [0.05, 0.1) is 28.8 Å². The number of aromatic amines is 2. The van der Waals surface area contributed by atoms with Gasteiger partial charge in [0.1, 0.15) is 11.3 Å². The van der Waals surface area contributed by atoms with Gasteiger partial charge in [-0.25, -0.2) is 4.98 Å². The van der Waals surface area contributed by atoms with Crippen molar-refractivity contribution in [1.82, 2.24) is 30.1 Å². The first-order valence-corrected chi connectivity index (χ1v) is 11.9. The fraction of sp³-hybridized carbons (Fsp3) is 0.308. The lowest BCUT2D eigenvalue weighted by molar-refractivity contribution is 0.579. The van der Waals surface area contributed by atoms with Gasteiger partial charge >= 0.3 is 0 Å². The van der Waals surface area contributed by atoms with Crippen LogP contribution in [0.2, 0.25) is 0 Å². The highest BCUT2D eigenvalue weighted by molar-refractivity contribution is 5.99. The zero-order chi connectivity index (χ0) is 23.1. The predicted molar refractivity (Wildman–Crippen MR) is 137 cm³/mol. The number of hydrogen-bond donors (Lipinski definition) is 3. The number of hydrogen-bond acceptors (Lipinski definition) is 6. The molecule has 1 aliphatic rings. The largest absolute Gasteiger partial charge is 0.382 e. The molecule has 1 aliphatic heterocycles. The van der Waals surface area contributed by atoms with Crippen LogP contribution in [0.5, 0.6) is 0 Å². The van der Waals surface area contributed by atoms with Crippen molar-refractivity contribution in [3.8, 4) is 22.6 Å². The van der Waals surface area contributed by atoms with Gasteiger partial charge in [-0.05, 0) is 57.4 Å². The fourth-order valence-corrected chi connectivity index (χ4v) is 4.82. The van der Waals surface area contributed by atoms with Crippen LogP contribution in [0.3, 0.4) is 0 Å². The maximum Gasteiger partial charge on any atom is 0.139 e. The van der Waals surface area contributed by atoms with Crippen molar-refractivity contribution < 1.29 is 0 Å². The summed E-state index contributed by atoms with van der Waals surface area (Å²) in [6.45, 7) is 6.42. The van der Waals surface area contributed by atoms with Crippen LogP contribution in [0.1, 0.15) is 33.1 Å². The van der Waals surface area contributed by atoms with E-state index in [-0.39, 0.29) is 0 Å². The minimum absolute atomic E-state index is 0.332. The topological polar surface area (TPSA) is 98.4 Å². The first kappa shape index (κ1) is 20.7. The molecule has 1 fully saturated rings. The third-order valence-corrected chi connectivity index (χ3v) is 6.40. The van der Waals surface area contributed by atoms with Crippen LogP contribution in [-0.2, 0) is 0 Å². The van der Waals surface area contributed by atoms with E-state index in [0.717, 1.165) is 63.4 Å². The number of H-pyrrole nitrogens is 2. The Balaban J connectivity index is 1.41. The van der Waals surface area contributed by atoms with E-state index < -0.39 is 0 Å². The molecule has 8 heteroatoms. The molecule has 5 aromatic heterocycles. The summed E-state index contributed by atoms with van der Waals surface area (Å²) in [6.07, 6.45) is 11.2. The summed E-state index contributed by atoms with van der Waals surface area (Å²) >= 11 is 0. The monoisotopic (exact) mass is 452 g/mol. The van der Waals surface area contributed by atoms with Crippen LogP contribution in [0.15, 0.2) is 49.1 Å². The lowest BCUT2D eigenvalue weighted by Crippen LogP contribution is -2.29. The van der Waals surface area contributed by atoms with Crippen LogP contribution >= 0.6 is 0 Å². The summed E-state index contributed by atoms with van der Waals surface area (Å²) in [4.78, 5) is 19.6. The summed E-state index contributed by atoms with van der Waals surface area (Å²) in [5, 5.41) is 13.3. The molecule has 6 rings (SSSR count). The Hall–Kier alpha value is -3.94. The van der Waals surface area contributed by atoms with Gasteiger partial charge in [-0.3, -0.25) is 15.1 Å². The summed E-state index contributed by atoms with van der Waals surface area (Å²) in [5.41, 5.74) is 7.65. The Bertz CT molecular complexity index is 1460. The lowest BCUT2D eigenvalue weighted by Gasteiger charge is -2.29. The molecule has 0 bridgehead atoms. The average molecular weight is 453 g/mol. The van der Waals surface area contributed by atoms with E-state index >= 15 is 0 Å². The second-order valence-electron chi connectivity index (χ2n) is 9.27. The van der Waals surface area contributed by atoms with E-state index in [0.29, 0.717) is 6.04 Å². The number of pyridine rings is 3. The number of nitrogens with zero attached hydrogens (tertiary/aromatic N) is 5. The molecule has 0 atom stereocenters. The maximum atomic E-state index is 4.65. The van der Waals surface area contributed by atoms with Gasteiger partial charge in [0.25, 0.3) is 0 Å². The molecule has 0 radical (unpaired) electrons. The zero-order valence-electron chi connectivity index (χ0n) is 19.5. The van der Waals surface area contributed by atoms with Crippen molar-refractivity contribution in [2.75, 3.05) is 23.3 Å². The smallest absolute Gasteiger partial charge is 0.139 e. The van der Waals surface area contributed by atoms with E-state index in [1.165, 1.54) is 24.9 Å². The molecule has 5 aromatic rings. The highest BCUT2D eigenvalue weighted by atomic mass is 15.1. The van der Waals surface area contributed by atoms with E-state index in [9.17, 15) is 0 Å². The maximum absolute atomic E-state index is 4.65. The van der Waals surface area contributed by atoms with Gasteiger partial charge in [-0.1, -0.05) is 0 Å². The van der Waals surface area contributed by atoms with Crippen molar-refractivity contribution in [3.05, 3.63) is 49.1 Å². The molecule has 0 unspecified atom stereocenters. The van der Waals surface area contributed by atoms with Crippen molar-refractivity contribution in [1.29, 1.82) is 0 Å². The quantitative estimate of drug-likeness (QED) is 0.331. The SMILES string of the molecule is CC(C)Nc1cncc(-c2cc3c(-c4cc5c(N6CCCCC6)ccnc5[nH]4)n[nH]c3cn2)c1. The molecule has 0 aromatic carbocycles. The van der Waals surface area contributed by atoms with Crippen molar-refractivity contribution >= 4 is 33.3 Å². The highest BCUT2D eigenvalue weighted by Gasteiger charge is 2.18. The normalized spacial score (nSPS) is 14.4. The predicted octanol–water partition coefficient (Wildman–Crippen LogP) is 5.37. The Labute approximate surface area is 197 Å². The summed E-state index contributed by atoms with van der Waals surface area (Å²) in [6, 6.07) is 8.80. The van der Waals surface area contributed by atoms with Gasteiger partial charge in [-0.2, -0.15) is 5.10 Å². The minimum atomic E-state index is 0.332. The molecule has 0 amide bonds. The van der Waals surface area contributed by atoms with Crippen LogP contribution in [0.4, 0.5) is 11.4 Å². The van der Waals surface area contributed by atoms with Crippen molar-refractivity contribution in [3.63, 3.8) is 0 Å². The van der Waals surface area contributed by atoms with E-state index in [4.69, 9.17) is 0 Å². The Morgan fingerprint density at radius 1 is 0.971 bits per heavy atom. The average Bonchev–Trinajstić information content (AvgIpc) is 3.48. The van der Waals surface area contributed by atoms with E-state index in [2.05, 4.69) is 78.5 Å². The molecular weight excluding hydrogens is 424 g/mol. The van der Waals surface area contributed by atoms with Gasteiger partial charge in [-0.15, -0.1) is 0 Å². The van der Waals surface area contributed by atoms with E-state index in [1.54, 1.807) is 0 Å². The number of aromatic nitrogens is 6. The highest BCUT2D eigenvalue weighted by Crippen LogP contribution is 2.34. The fourth-order valence-electron chi connectivity index (χ4n) is 4.82. The minimum Gasteiger partial charge on any atom is -0.382 e. The molecule has 0 saturated carbocycles. The number of rotatable bonds is 5. The van der Waals surface area contributed by atoms with Crippen molar-refractivity contribution in [2.45, 2.75) is 39.2 Å². The number of anilines is 2. The van der Waals surface area contributed by atoms with Crippen LogP contribution < -0.4 is 10.2 Å². The van der Waals surface area contributed by atoms with E-state index in [1.807, 2.05) is 24.8 Å². The standard InChI is InChI=1S/C26H28N8/c1-16(2)30-18-10-17(13-27-14-18)21-11-19-23(15-29-21)32-33-25(19)22-12-20-24(6-7-28-26(20)31-22)34-8-4-3-5-9-34/h6-7,10-16,30H,3-5,8-9H2,1-2H3,(H,28,31)(H,32,33). The summed E-state index contributed by atoms with van der Waals surface area (Å²) in [7, 11) is 0. The summed E-state index contributed by atoms with van der Waals surface area (Å²) < 4.78 is 0. The molecular formula is C26H28N8. The third-order valence-electron chi connectivity index (χ3n) is 6.40. The molecule has 3 N–H and O–H groups in total. The summed E-state index contributed by atoms with van der Waals surface area (Å²) in [5.74, 6) is 0. The molecule has 6 heterocycles. The van der Waals surface area contributed by atoms with Crippen LogP contribution in [-0.4, -0.2) is 49.3 Å². The Morgan fingerprint density at radius 2 is 1.85 bits per heavy atom. The Kier molecular flexibility index (Phi) is 5.13. The molecule has 34 heavy (non-hydrogen) atoms. The molecule has 8 nitrogen and oxygen atoms in total. The number of piperidine rings is 1. The number of fused-ring (bicyclic) bond motifs is 2. The first-order valence-electron chi connectivity index (χ1n) is 11.9. The van der Waals surface area contributed by atoms with Crippen LogP contribution in [0.25, 0.3) is 44.6 Å². The lowest BCUT2D eigenvalue weighted by atomic mass is 10.1. The van der Waals surface area contributed by atoms with Gasteiger partial charge in [0, 0.05) is 59.7 Å². The zero-order valence-corrected chi connectivity index (χ0v) is 19.5. The second-order valence-corrected chi connectivity index (χ2v) is 9.27. The van der Waals surface area contributed by atoms with Crippen LogP contribution in [0, 0.1) is 0 Å². The first-order chi connectivity index (χ1) is 16.7. The third kappa shape index (κ3) is 3.75. The van der Waals surface area contributed by atoms with Gasteiger partial charge < -0.3 is 15.2 Å². The Morgan fingerprint density at radius 3 is 2.71 bits per heavy atom. The van der Waals surface area contributed by atoms with Gasteiger partial charge in [0.2, 0.25) is 0 Å². The molecule has 172 valence electrons. The number of nitrogens with one attached hydrogen (secondary N) is 3. The molecule has 0 spiro atoms. The van der Waals surface area contributed by atoms with Crippen molar-refractivity contribution in [2.24, 2.45) is 0 Å².